The van der Waals surface area contributed by atoms with Gasteiger partial charge in [0.05, 0.1) is 16.3 Å². The van der Waals surface area contributed by atoms with E-state index in [2.05, 4.69) is 17.3 Å². The summed E-state index contributed by atoms with van der Waals surface area (Å²) in [6, 6.07) is 5.55. The molecule has 2 rings (SSSR count). The highest BCUT2D eigenvalue weighted by molar-refractivity contribution is 7.90. The van der Waals surface area contributed by atoms with Crippen molar-refractivity contribution in [3.05, 3.63) is 18.2 Å². The van der Waals surface area contributed by atoms with E-state index in [1.165, 1.54) is 25.2 Å². The predicted molar refractivity (Wildman–Crippen MR) is 78.1 cm³/mol. The van der Waals surface area contributed by atoms with Gasteiger partial charge in [0.15, 0.2) is 9.84 Å². The fraction of sp³-hybridized carbons (Fsp3) is 0.538. The van der Waals surface area contributed by atoms with E-state index < -0.39 is 9.84 Å². The second kappa shape index (κ2) is 5.38. The second-order valence-corrected chi connectivity index (χ2v) is 7.18. The molecular formula is C13H21N3O2S. The summed E-state index contributed by atoms with van der Waals surface area (Å²) in [5, 5.41) is 3.24. The highest BCUT2D eigenvalue weighted by Gasteiger charge is 2.25. The van der Waals surface area contributed by atoms with Crippen molar-refractivity contribution in [3.8, 4) is 0 Å². The lowest BCUT2D eigenvalue weighted by atomic mass is 10.2. The molecule has 0 bridgehead atoms. The number of hydrogen-bond donors (Lipinski definition) is 2. The molecule has 1 aromatic carbocycles. The maximum atomic E-state index is 11.4. The molecule has 0 aliphatic heterocycles. The molecule has 0 aromatic heterocycles. The molecule has 6 heteroatoms. The Morgan fingerprint density at radius 2 is 2.11 bits per heavy atom. The third kappa shape index (κ3) is 3.84. The quantitative estimate of drug-likeness (QED) is 0.767. The number of nitrogens with one attached hydrogen (secondary N) is 1. The second-order valence-electron chi connectivity index (χ2n) is 5.16. The van der Waals surface area contributed by atoms with E-state index in [0.29, 0.717) is 5.69 Å². The van der Waals surface area contributed by atoms with Crippen molar-refractivity contribution in [3.63, 3.8) is 0 Å². The zero-order chi connectivity index (χ0) is 14.0. The van der Waals surface area contributed by atoms with Crippen LogP contribution in [-0.2, 0) is 9.84 Å². The predicted octanol–water partition coefficient (Wildman–Crippen LogP) is 1.18. The molecule has 106 valence electrons. The minimum absolute atomic E-state index is 0.255. The maximum Gasteiger partial charge on any atom is 0.175 e. The molecule has 0 spiro atoms. The van der Waals surface area contributed by atoms with Gasteiger partial charge in [-0.15, -0.1) is 0 Å². The van der Waals surface area contributed by atoms with Crippen LogP contribution in [0.15, 0.2) is 23.1 Å². The summed E-state index contributed by atoms with van der Waals surface area (Å²) in [6.07, 6.45) is 3.77. The first-order valence-electron chi connectivity index (χ1n) is 6.41. The first-order valence-corrected chi connectivity index (χ1v) is 8.31. The van der Waals surface area contributed by atoms with Crippen LogP contribution in [0.25, 0.3) is 0 Å². The lowest BCUT2D eigenvalue weighted by Gasteiger charge is -2.17. The SMILES string of the molecule is CN(CCNc1ccc(S(C)(=O)=O)cc1N)C1CC1. The van der Waals surface area contributed by atoms with E-state index in [4.69, 9.17) is 5.73 Å². The van der Waals surface area contributed by atoms with Gasteiger partial charge in [-0.1, -0.05) is 0 Å². The van der Waals surface area contributed by atoms with E-state index in [1.54, 1.807) is 12.1 Å². The van der Waals surface area contributed by atoms with Crippen LogP contribution in [0.4, 0.5) is 11.4 Å². The molecular weight excluding hydrogens is 262 g/mol. The Morgan fingerprint density at radius 3 is 2.63 bits per heavy atom. The average molecular weight is 283 g/mol. The van der Waals surface area contributed by atoms with Crippen LogP contribution in [0.2, 0.25) is 0 Å². The van der Waals surface area contributed by atoms with E-state index in [-0.39, 0.29) is 4.90 Å². The summed E-state index contributed by atoms with van der Waals surface area (Å²) < 4.78 is 22.8. The van der Waals surface area contributed by atoms with Crippen LogP contribution >= 0.6 is 0 Å². The third-order valence-corrected chi connectivity index (χ3v) is 4.51. The zero-order valence-electron chi connectivity index (χ0n) is 11.4. The summed E-state index contributed by atoms with van der Waals surface area (Å²) in [5.74, 6) is 0. The molecule has 0 radical (unpaired) electrons. The van der Waals surface area contributed by atoms with Crippen molar-refractivity contribution in [1.29, 1.82) is 0 Å². The van der Waals surface area contributed by atoms with E-state index in [1.807, 2.05) is 0 Å². The topological polar surface area (TPSA) is 75.4 Å². The number of nitrogens with two attached hydrogens (primary N) is 1. The van der Waals surface area contributed by atoms with E-state index in [0.717, 1.165) is 24.8 Å². The fourth-order valence-corrected chi connectivity index (χ4v) is 2.65. The van der Waals surface area contributed by atoms with Crippen molar-refractivity contribution in [2.75, 3.05) is 37.4 Å². The van der Waals surface area contributed by atoms with Gasteiger partial charge in [0.25, 0.3) is 0 Å². The van der Waals surface area contributed by atoms with Gasteiger partial charge in [0.2, 0.25) is 0 Å². The van der Waals surface area contributed by atoms with Gasteiger partial charge in [0.1, 0.15) is 0 Å². The van der Waals surface area contributed by atoms with Crippen molar-refractivity contribution in [1.82, 2.24) is 4.90 Å². The number of sulfone groups is 1. The Morgan fingerprint density at radius 1 is 1.42 bits per heavy atom. The van der Waals surface area contributed by atoms with Crippen molar-refractivity contribution in [2.24, 2.45) is 0 Å². The van der Waals surface area contributed by atoms with Gasteiger partial charge in [-0.25, -0.2) is 8.42 Å². The minimum Gasteiger partial charge on any atom is -0.397 e. The van der Waals surface area contributed by atoms with Gasteiger partial charge in [-0.2, -0.15) is 0 Å². The summed E-state index contributed by atoms with van der Waals surface area (Å²) in [6.45, 7) is 1.76. The summed E-state index contributed by atoms with van der Waals surface area (Å²) in [7, 11) is -1.07. The highest BCUT2D eigenvalue weighted by Crippen LogP contribution is 2.25. The van der Waals surface area contributed by atoms with E-state index >= 15 is 0 Å². The molecule has 19 heavy (non-hydrogen) atoms. The highest BCUT2D eigenvalue weighted by atomic mass is 32.2. The van der Waals surface area contributed by atoms with Crippen molar-refractivity contribution in [2.45, 2.75) is 23.8 Å². The number of benzene rings is 1. The van der Waals surface area contributed by atoms with Gasteiger partial charge in [0, 0.05) is 25.4 Å². The Balaban J connectivity index is 1.93. The molecule has 1 saturated carbocycles. The monoisotopic (exact) mass is 283 g/mol. The van der Waals surface area contributed by atoms with Crippen molar-refractivity contribution >= 4 is 21.2 Å². The Bertz CT molecular complexity index is 553. The Kier molecular flexibility index (Phi) is 4.01. The fourth-order valence-electron chi connectivity index (χ4n) is 2.00. The number of anilines is 2. The first-order chi connectivity index (χ1) is 8.88. The van der Waals surface area contributed by atoms with Crippen LogP contribution in [-0.4, -0.2) is 45.8 Å². The third-order valence-electron chi connectivity index (χ3n) is 3.40. The number of nitrogens with zero attached hydrogens (tertiary/aromatic N) is 1. The van der Waals surface area contributed by atoms with Crippen LogP contribution < -0.4 is 11.1 Å². The summed E-state index contributed by atoms with van der Waals surface area (Å²) >= 11 is 0. The molecule has 5 nitrogen and oxygen atoms in total. The molecule has 0 unspecified atom stereocenters. The Labute approximate surface area is 114 Å². The van der Waals surface area contributed by atoms with Crippen LogP contribution in [0.5, 0.6) is 0 Å². The molecule has 1 aliphatic carbocycles. The number of likely N-dealkylation sites (N-methyl/N-ethyl adjacent to an activating group) is 1. The molecule has 0 atom stereocenters. The number of hydrogen-bond acceptors (Lipinski definition) is 5. The van der Waals surface area contributed by atoms with Gasteiger partial charge in [-0.3, -0.25) is 0 Å². The zero-order valence-corrected chi connectivity index (χ0v) is 12.2. The maximum absolute atomic E-state index is 11.4. The molecule has 0 amide bonds. The molecule has 1 aromatic rings. The van der Waals surface area contributed by atoms with Crippen molar-refractivity contribution < 1.29 is 8.42 Å². The lowest BCUT2D eigenvalue weighted by molar-refractivity contribution is 0.337. The molecule has 0 saturated heterocycles. The van der Waals surface area contributed by atoms with E-state index in [9.17, 15) is 8.42 Å². The summed E-state index contributed by atoms with van der Waals surface area (Å²) in [5.41, 5.74) is 7.12. The van der Waals surface area contributed by atoms with Gasteiger partial charge >= 0.3 is 0 Å². The molecule has 3 N–H and O–H groups in total. The van der Waals surface area contributed by atoms with Gasteiger partial charge in [-0.05, 0) is 38.1 Å². The number of rotatable bonds is 6. The molecule has 0 heterocycles. The molecule has 1 fully saturated rings. The van der Waals surface area contributed by atoms with Crippen LogP contribution in [0.1, 0.15) is 12.8 Å². The smallest absolute Gasteiger partial charge is 0.175 e. The summed E-state index contributed by atoms with van der Waals surface area (Å²) in [4.78, 5) is 2.58. The average Bonchev–Trinajstić information content (AvgIpc) is 3.13. The first kappa shape index (κ1) is 14.1. The van der Waals surface area contributed by atoms with Gasteiger partial charge < -0.3 is 16.0 Å². The minimum atomic E-state index is -3.20. The molecule has 1 aliphatic rings. The lowest BCUT2D eigenvalue weighted by Crippen LogP contribution is -2.27. The van der Waals surface area contributed by atoms with Crippen LogP contribution in [0, 0.1) is 0 Å². The normalized spacial score (nSPS) is 15.7. The Hall–Kier alpha value is -1.27. The van der Waals surface area contributed by atoms with Crippen LogP contribution in [0.3, 0.4) is 0 Å². The number of nitrogen functional groups attached to an aromatic ring is 1. The largest absolute Gasteiger partial charge is 0.397 e. The standard InChI is InChI=1S/C13H21N3O2S/c1-16(10-3-4-10)8-7-15-13-6-5-11(9-12(13)14)19(2,17)18/h5-6,9-10,15H,3-4,7-8,14H2,1-2H3.